The standard InChI is InChI=1S/C17H15ClN2O2/c18-15-11-5-4-7-13(15)10-6-12-19-20-17(22)16(21)14-8-2-1-3-9-14/h1-12,16,21H,(H,20,22). The highest BCUT2D eigenvalue weighted by Crippen LogP contribution is 2.15. The van der Waals surface area contributed by atoms with Crippen LogP contribution in [0.4, 0.5) is 0 Å². The second-order valence-electron chi connectivity index (χ2n) is 4.45. The summed E-state index contributed by atoms with van der Waals surface area (Å²) in [7, 11) is 0. The van der Waals surface area contributed by atoms with Gasteiger partial charge < -0.3 is 5.11 Å². The minimum absolute atomic E-state index is 0.516. The van der Waals surface area contributed by atoms with Crippen molar-refractivity contribution < 1.29 is 9.90 Å². The summed E-state index contributed by atoms with van der Waals surface area (Å²) in [5, 5.41) is 14.2. The normalized spacial score (nSPS) is 12.6. The molecular formula is C17H15ClN2O2. The van der Waals surface area contributed by atoms with Gasteiger partial charge in [-0.05, 0) is 23.3 Å². The van der Waals surface area contributed by atoms with Gasteiger partial charge in [0.2, 0.25) is 0 Å². The monoisotopic (exact) mass is 314 g/mol. The molecule has 5 heteroatoms. The van der Waals surface area contributed by atoms with E-state index in [1.165, 1.54) is 6.21 Å². The molecule has 1 amide bonds. The summed E-state index contributed by atoms with van der Waals surface area (Å²) in [5.74, 6) is -0.589. The average molecular weight is 315 g/mol. The van der Waals surface area contributed by atoms with E-state index in [0.717, 1.165) is 5.56 Å². The number of hydrogen-bond donors (Lipinski definition) is 2. The van der Waals surface area contributed by atoms with Crippen molar-refractivity contribution in [1.29, 1.82) is 0 Å². The van der Waals surface area contributed by atoms with Crippen LogP contribution in [-0.4, -0.2) is 17.2 Å². The zero-order chi connectivity index (χ0) is 15.8. The highest BCUT2D eigenvalue weighted by molar-refractivity contribution is 6.32. The Morgan fingerprint density at radius 2 is 1.82 bits per heavy atom. The lowest BCUT2D eigenvalue weighted by molar-refractivity contribution is -0.129. The van der Waals surface area contributed by atoms with E-state index in [2.05, 4.69) is 10.5 Å². The average Bonchev–Trinajstić information content (AvgIpc) is 2.56. The third-order valence-electron chi connectivity index (χ3n) is 2.88. The number of halogens is 1. The molecule has 0 radical (unpaired) electrons. The Kier molecular flexibility index (Phi) is 5.89. The number of aliphatic hydroxyl groups excluding tert-OH is 1. The number of carbonyl (C=O) groups excluding carboxylic acids is 1. The predicted molar refractivity (Wildman–Crippen MR) is 88.5 cm³/mol. The predicted octanol–water partition coefficient (Wildman–Crippen LogP) is 3.19. The summed E-state index contributed by atoms with van der Waals surface area (Å²) >= 11 is 6.00. The number of aliphatic hydroxyl groups is 1. The molecule has 0 heterocycles. The molecule has 0 aromatic heterocycles. The zero-order valence-corrected chi connectivity index (χ0v) is 12.4. The van der Waals surface area contributed by atoms with Gasteiger partial charge in [0.15, 0.2) is 6.10 Å². The van der Waals surface area contributed by atoms with Gasteiger partial charge in [-0.2, -0.15) is 5.10 Å². The molecule has 4 nitrogen and oxygen atoms in total. The molecule has 0 bridgehead atoms. The molecule has 0 aliphatic heterocycles. The van der Waals surface area contributed by atoms with E-state index in [4.69, 9.17) is 11.6 Å². The summed E-state index contributed by atoms with van der Waals surface area (Å²) in [4.78, 5) is 11.7. The van der Waals surface area contributed by atoms with Crippen LogP contribution < -0.4 is 5.43 Å². The summed E-state index contributed by atoms with van der Waals surface area (Å²) in [6.45, 7) is 0. The number of rotatable bonds is 5. The Morgan fingerprint density at radius 3 is 2.55 bits per heavy atom. The van der Waals surface area contributed by atoms with Crippen LogP contribution in [0.3, 0.4) is 0 Å². The number of hydrazone groups is 1. The molecule has 1 unspecified atom stereocenters. The summed E-state index contributed by atoms with van der Waals surface area (Å²) in [5.41, 5.74) is 3.65. The molecule has 22 heavy (non-hydrogen) atoms. The number of hydrogen-bond acceptors (Lipinski definition) is 3. The number of allylic oxidation sites excluding steroid dienone is 1. The minimum atomic E-state index is -1.24. The molecule has 0 aliphatic rings. The quantitative estimate of drug-likeness (QED) is 0.657. The highest BCUT2D eigenvalue weighted by Gasteiger charge is 2.15. The van der Waals surface area contributed by atoms with Crippen molar-refractivity contribution in [3.05, 3.63) is 76.8 Å². The first kappa shape index (κ1) is 15.9. The Bertz CT molecular complexity index is 684. The van der Waals surface area contributed by atoms with Crippen LogP contribution >= 0.6 is 11.6 Å². The number of benzene rings is 2. The van der Waals surface area contributed by atoms with E-state index in [9.17, 15) is 9.90 Å². The third-order valence-corrected chi connectivity index (χ3v) is 3.22. The van der Waals surface area contributed by atoms with Gasteiger partial charge in [0, 0.05) is 11.2 Å². The van der Waals surface area contributed by atoms with Gasteiger partial charge in [0.05, 0.1) is 0 Å². The number of nitrogens with one attached hydrogen (secondary N) is 1. The lowest BCUT2D eigenvalue weighted by Gasteiger charge is -2.08. The Balaban J connectivity index is 1.87. The highest BCUT2D eigenvalue weighted by atomic mass is 35.5. The van der Waals surface area contributed by atoms with Crippen LogP contribution in [0.2, 0.25) is 5.02 Å². The van der Waals surface area contributed by atoms with Crippen LogP contribution in [0.5, 0.6) is 0 Å². The van der Waals surface area contributed by atoms with E-state index < -0.39 is 12.0 Å². The zero-order valence-electron chi connectivity index (χ0n) is 11.7. The lowest BCUT2D eigenvalue weighted by Crippen LogP contribution is -2.24. The fraction of sp³-hybridized carbons (Fsp3) is 0.0588. The lowest BCUT2D eigenvalue weighted by atomic mass is 10.1. The van der Waals surface area contributed by atoms with Crippen LogP contribution in [0.15, 0.2) is 65.8 Å². The Hall–Kier alpha value is -2.43. The van der Waals surface area contributed by atoms with Crippen molar-refractivity contribution in [3.63, 3.8) is 0 Å². The van der Waals surface area contributed by atoms with Gasteiger partial charge in [-0.25, -0.2) is 5.43 Å². The summed E-state index contributed by atoms with van der Waals surface area (Å²) in [6.07, 6.45) is 3.59. The maximum Gasteiger partial charge on any atom is 0.273 e. The van der Waals surface area contributed by atoms with Crippen molar-refractivity contribution in [3.8, 4) is 0 Å². The van der Waals surface area contributed by atoms with Crippen LogP contribution in [0, 0.1) is 0 Å². The molecule has 2 aromatic rings. The fourth-order valence-electron chi connectivity index (χ4n) is 1.75. The first-order valence-electron chi connectivity index (χ1n) is 6.65. The van der Waals surface area contributed by atoms with Gasteiger partial charge in [-0.3, -0.25) is 4.79 Å². The SMILES string of the molecule is O=C(NN=CC=Cc1ccccc1Cl)C(O)c1ccccc1. The molecule has 2 rings (SSSR count). The number of carbonyl (C=O) groups is 1. The van der Waals surface area contributed by atoms with Gasteiger partial charge in [-0.15, -0.1) is 0 Å². The molecule has 2 N–H and O–H groups in total. The van der Waals surface area contributed by atoms with Crippen LogP contribution in [-0.2, 0) is 4.79 Å². The van der Waals surface area contributed by atoms with Crippen molar-refractivity contribution in [2.24, 2.45) is 5.10 Å². The van der Waals surface area contributed by atoms with Crippen molar-refractivity contribution in [1.82, 2.24) is 5.43 Å². The van der Waals surface area contributed by atoms with Gasteiger partial charge in [0.1, 0.15) is 0 Å². The summed E-state index contributed by atoms with van der Waals surface area (Å²) < 4.78 is 0. The smallest absolute Gasteiger partial charge is 0.273 e. The van der Waals surface area contributed by atoms with Gasteiger partial charge >= 0.3 is 0 Å². The van der Waals surface area contributed by atoms with Crippen LogP contribution in [0.1, 0.15) is 17.2 Å². The van der Waals surface area contributed by atoms with E-state index in [0.29, 0.717) is 10.6 Å². The molecular weight excluding hydrogens is 300 g/mol. The topological polar surface area (TPSA) is 61.7 Å². The fourth-order valence-corrected chi connectivity index (χ4v) is 1.95. The van der Waals surface area contributed by atoms with E-state index in [-0.39, 0.29) is 0 Å². The molecule has 0 fully saturated rings. The van der Waals surface area contributed by atoms with E-state index in [1.807, 2.05) is 24.3 Å². The molecule has 0 saturated heterocycles. The number of amides is 1. The van der Waals surface area contributed by atoms with Crippen LogP contribution in [0.25, 0.3) is 6.08 Å². The van der Waals surface area contributed by atoms with Crippen molar-refractivity contribution in [2.75, 3.05) is 0 Å². The molecule has 112 valence electrons. The van der Waals surface area contributed by atoms with E-state index in [1.54, 1.807) is 42.5 Å². The first-order chi connectivity index (χ1) is 10.7. The molecule has 1 atom stereocenters. The first-order valence-corrected chi connectivity index (χ1v) is 7.03. The molecule has 2 aromatic carbocycles. The Labute approximate surface area is 133 Å². The second-order valence-corrected chi connectivity index (χ2v) is 4.86. The molecule has 0 spiro atoms. The molecule has 0 saturated carbocycles. The van der Waals surface area contributed by atoms with Gasteiger partial charge in [0.25, 0.3) is 5.91 Å². The maximum absolute atomic E-state index is 11.7. The third kappa shape index (κ3) is 4.55. The summed E-state index contributed by atoms with van der Waals surface area (Å²) in [6, 6.07) is 16.0. The Morgan fingerprint density at radius 1 is 1.14 bits per heavy atom. The van der Waals surface area contributed by atoms with Gasteiger partial charge in [-0.1, -0.05) is 66.2 Å². The van der Waals surface area contributed by atoms with Crippen molar-refractivity contribution in [2.45, 2.75) is 6.10 Å². The number of nitrogens with zero attached hydrogens (tertiary/aromatic N) is 1. The molecule has 0 aliphatic carbocycles. The van der Waals surface area contributed by atoms with Crippen molar-refractivity contribution >= 4 is 29.8 Å². The minimum Gasteiger partial charge on any atom is -0.378 e. The second kappa shape index (κ2) is 8.12. The maximum atomic E-state index is 11.7. The largest absolute Gasteiger partial charge is 0.378 e. The van der Waals surface area contributed by atoms with E-state index >= 15 is 0 Å².